The molecule has 0 radical (unpaired) electrons. The highest BCUT2D eigenvalue weighted by molar-refractivity contribution is 6.39. The number of Topliss-reactive ketones (excluding diaryl/α,β-unsaturated/α-hetero) is 3. The van der Waals surface area contributed by atoms with Crippen molar-refractivity contribution in [3.05, 3.63) is 89.3 Å². The minimum atomic E-state index is -2.45. The summed E-state index contributed by atoms with van der Waals surface area (Å²) in [5.41, 5.74) is 2.93. The smallest absolute Gasteiger partial charge is 0.335 e. The second kappa shape index (κ2) is 29.5. The van der Waals surface area contributed by atoms with E-state index in [0.717, 1.165) is 37.0 Å². The van der Waals surface area contributed by atoms with Crippen molar-refractivity contribution < 1.29 is 67.8 Å². The predicted molar refractivity (Wildman–Crippen MR) is 299 cm³/mol. The molecule has 1 amide bonds. The minimum Gasteiger partial charge on any atom is -0.478 e. The zero-order valence-corrected chi connectivity index (χ0v) is 48.7. The monoisotopic (exact) mass is 1110 g/mol. The molecule has 1 saturated carbocycles. The fourth-order valence-corrected chi connectivity index (χ4v) is 12.2. The number of ether oxygens (including phenoxy) is 5. The Hall–Kier alpha value is -5.50. The van der Waals surface area contributed by atoms with E-state index in [1.807, 2.05) is 64.3 Å². The van der Waals surface area contributed by atoms with Gasteiger partial charge in [-0.15, -0.1) is 5.10 Å². The number of allylic oxidation sites excluding steroid dienone is 6. The van der Waals surface area contributed by atoms with Crippen LogP contribution in [0, 0.1) is 41.4 Å². The van der Waals surface area contributed by atoms with Crippen LogP contribution in [0.2, 0.25) is 0 Å². The van der Waals surface area contributed by atoms with Gasteiger partial charge in [-0.05, 0) is 150 Å². The fourth-order valence-electron chi connectivity index (χ4n) is 12.2. The Bertz CT molecular complexity index is 2570. The van der Waals surface area contributed by atoms with E-state index in [1.165, 1.54) is 24.1 Å². The van der Waals surface area contributed by atoms with Crippen LogP contribution in [0.1, 0.15) is 148 Å². The maximum Gasteiger partial charge on any atom is 0.335 e. The average molecular weight is 1110 g/mol. The molecule has 1 aromatic heterocycles. The highest BCUT2D eigenvalue weighted by atomic mass is 16.6. The third-order valence-electron chi connectivity index (χ3n) is 17.3. The molecular formula is C62H88N4O14. The summed E-state index contributed by atoms with van der Waals surface area (Å²) < 4.78 is 31.8. The molecule has 1 aliphatic carbocycles. The Morgan fingerprint density at radius 2 is 1.61 bits per heavy atom. The number of amides is 1. The number of rotatable bonds is 11. The Morgan fingerprint density at radius 3 is 2.30 bits per heavy atom. The molecule has 440 valence electrons. The number of hydrogen-bond donors (Lipinski definition) is 3. The van der Waals surface area contributed by atoms with Gasteiger partial charge in [-0.25, -0.2) is 14.3 Å². The van der Waals surface area contributed by atoms with Crippen LogP contribution >= 0.6 is 0 Å². The third-order valence-corrected chi connectivity index (χ3v) is 17.3. The van der Waals surface area contributed by atoms with E-state index < -0.39 is 83.7 Å². The van der Waals surface area contributed by atoms with Gasteiger partial charge in [0.05, 0.1) is 41.5 Å². The molecule has 2 aromatic rings. The molecule has 4 aliphatic rings. The number of nitrogens with zero attached hydrogens (tertiary/aromatic N) is 4. The normalized spacial score (nSPS) is 35.0. The highest BCUT2D eigenvalue weighted by Crippen LogP contribution is 2.40. The first-order valence-corrected chi connectivity index (χ1v) is 28.8. The van der Waals surface area contributed by atoms with Crippen LogP contribution in [0.3, 0.4) is 0 Å². The van der Waals surface area contributed by atoms with Crippen LogP contribution in [0.4, 0.5) is 0 Å². The predicted octanol–water partition coefficient (Wildman–Crippen LogP) is 8.35. The first-order chi connectivity index (χ1) is 38.1. The number of aryl methyl sites for hydroxylation is 1. The third kappa shape index (κ3) is 16.4. The van der Waals surface area contributed by atoms with Crippen molar-refractivity contribution in [2.75, 3.05) is 27.9 Å². The molecule has 3 fully saturated rings. The number of fused-ring (bicyclic) bond motifs is 3. The number of cyclic esters (lactones) is 1. The Labute approximate surface area is 472 Å². The van der Waals surface area contributed by atoms with Gasteiger partial charge in [-0.1, -0.05) is 76.3 Å². The summed E-state index contributed by atoms with van der Waals surface area (Å²) in [5, 5.41) is 41.6. The number of aromatic nitrogens is 3. The number of carbonyl (C=O) groups is 6. The van der Waals surface area contributed by atoms with Gasteiger partial charge in [0.1, 0.15) is 30.1 Å². The van der Waals surface area contributed by atoms with Crippen molar-refractivity contribution in [1.29, 1.82) is 0 Å². The topological polar surface area (TPSA) is 243 Å². The molecule has 4 heterocycles. The van der Waals surface area contributed by atoms with Crippen LogP contribution < -0.4 is 0 Å². The van der Waals surface area contributed by atoms with E-state index >= 15 is 0 Å². The number of methoxy groups -OCH3 is 3. The molecular weight excluding hydrogens is 1020 g/mol. The summed E-state index contributed by atoms with van der Waals surface area (Å²) >= 11 is 0. The largest absolute Gasteiger partial charge is 0.478 e. The van der Waals surface area contributed by atoms with Crippen LogP contribution in [0.25, 0.3) is 5.69 Å². The Balaban J connectivity index is 1.23. The first-order valence-electron chi connectivity index (χ1n) is 28.8. The molecule has 80 heavy (non-hydrogen) atoms. The van der Waals surface area contributed by atoms with Crippen molar-refractivity contribution in [3.8, 4) is 5.69 Å². The van der Waals surface area contributed by atoms with E-state index in [0.29, 0.717) is 62.6 Å². The molecule has 15 atom stereocenters. The Morgan fingerprint density at radius 1 is 0.875 bits per heavy atom. The molecule has 2 bridgehead atoms. The van der Waals surface area contributed by atoms with E-state index in [-0.39, 0.29) is 66.3 Å². The molecule has 0 unspecified atom stereocenters. The van der Waals surface area contributed by atoms with E-state index in [2.05, 4.69) is 10.3 Å². The summed E-state index contributed by atoms with van der Waals surface area (Å²) in [5.74, 6) is -8.85. The zero-order valence-electron chi connectivity index (χ0n) is 48.7. The molecule has 0 spiro atoms. The molecule has 18 heteroatoms. The summed E-state index contributed by atoms with van der Waals surface area (Å²) in [6, 6.07) is 5.25. The van der Waals surface area contributed by atoms with Crippen LogP contribution in [0.15, 0.2) is 78.1 Å². The average Bonchev–Trinajstić information content (AvgIpc) is 3.96. The van der Waals surface area contributed by atoms with E-state index in [1.54, 1.807) is 57.9 Å². The van der Waals surface area contributed by atoms with Crippen LogP contribution in [-0.4, -0.2) is 147 Å². The zero-order chi connectivity index (χ0) is 58.4. The number of carboxylic acids is 1. The number of hydrogen-bond acceptors (Lipinski definition) is 15. The van der Waals surface area contributed by atoms with Crippen LogP contribution in [-0.2, 0) is 54.1 Å². The van der Waals surface area contributed by atoms with Crippen molar-refractivity contribution >= 4 is 35.2 Å². The second-order valence-electron chi connectivity index (χ2n) is 23.3. The van der Waals surface area contributed by atoms with Crippen LogP contribution in [0.5, 0.6) is 0 Å². The number of piperidine rings is 1. The fraction of sp³-hybridized carbons (Fsp3) is 0.645. The van der Waals surface area contributed by atoms with Crippen molar-refractivity contribution in [1.82, 2.24) is 19.9 Å². The number of ketones is 3. The van der Waals surface area contributed by atoms with Gasteiger partial charge >= 0.3 is 11.9 Å². The maximum absolute atomic E-state index is 14.7. The summed E-state index contributed by atoms with van der Waals surface area (Å²) in [6.07, 6.45) is 15.7. The minimum absolute atomic E-state index is 0.00352. The molecule has 3 N–H and O–H groups in total. The van der Waals surface area contributed by atoms with Crippen molar-refractivity contribution in [2.45, 2.75) is 187 Å². The lowest BCUT2D eigenvalue weighted by Crippen LogP contribution is -2.61. The lowest BCUT2D eigenvalue weighted by Gasteiger charge is -2.42. The maximum atomic E-state index is 14.7. The number of carbonyl (C=O) groups excluding carboxylic acids is 5. The quantitative estimate of drug-likeness (QED) is 0.109. The molecule has 6 rings (SSSR count). The number of aliphatic hydroxyl groups excluding tert-OH is 1. The van der Waals surface area contributed by atoms with Crippen molar-refractivity contribution in [3.63, 3.8) is 0 Å². The van der Waals surface area contributed by atoms with Gasteiger partial charge < -0.3 is 43.9 Å². The number of carboxylic acid groups (broad SMARTS) is 1. The molecule has 1 aromatic carbocycles. The lowest BCUT2D eigenvalue weighted by molar-refractivity contribution is -0.265. The summed E-state index contributed by atoms with van der Waals surface area (Å²) in [4.78, 5) is 84.3. The summed E-state index contributed by atoms with van der Waals surface area (Å²) in [7, 11) is 4.66. The standard InChI is InChI=1S/C62H88N4O14/c1-37-16-12-11-13-17-38(2)52(76-8)34-49-28-19-43(7)62(75,80-49)58(70)59(71)65-29-15-14-18-50(65)61(74)79-53(35-51(67)39(3)31-42(6)56(69)57(78-10)55(68)41(5)30-37)40(4)32-44-20-21-45(54(33-44)77-9)22-25-47-36-66(64-63-47)48-26-23-46(24-27-48)60(72)73/h11-13,16-17,23-24,26-27,31,36-37,39-41,43-45,49-50,52-54,56-57,69,75H,14-15,18-22,25,28-30,32-35H2,1-10H3,(H,72,73)/b13-11+,16-12+,38-17+,42-31+/t37-,39-,40-,41-,43-,44+,45+,49+,50+,52+,53+,54-,56-,57+,62-/m1/s1. The number of esters is 1. The van der Waals surface area contributed by atoms with E-state index in [4.69, 9.17) is 23.7 Å². The van der Waals surface area contributed by atoms with Gasteiger partial charge in [0.25, 0.3) is 11.7 Å². The molecule has 2 saturated heterocycles. The highest BCUT2D eigenvalue weighted by Gasteiger charge is 2.53. The van der Waals surface area contributed by atoms with Gasteiger partial charge in [-0.3, -0.25) is 19.2 Å². The van der Waals surface area contributed by atoms with Gasteiger partial charge in [-0.2, -0.15) is 0 Å². The van der Waals surface area contributed by atoms with Gasteiger partial charge in [0, 0.05) is 58.5 Å². The SMILES string of the molecule is CO[C@H]1C[C@@H]2CC[C@@H](C)[C@@](O)(O2)C(=O)C(=O)N2CCCC[C@H]2C(=O)O[C@H]([C@H](C)C[C@@H]2CC[C@@H](CCc3cn(-c4ccc(C(=O)O)cc4)nn3)[C@H](OC)C2)CC(=O)[C@H](C)/C=C(\C)[C@@H](O)[C@@H](OC)C(=O)[C@H](C)C[C@H](C)/C=C/C=C/C=C/1C. The second-order valence-corrected chi connectivity index (χ2v) is 23.3. The number of benzene rings is 1. The Kier molecular flexibility index (Phi) is 23.5. The van der Waals surface area contributed by atoms with E-state index in [9.17, 15) is 44.1 Å². The first kappa shape index (κ1) is 63.7. The molecule has 18 nitrogen and oxygen atoms in total. The summed E-state index contributed by atoms with van der Waals surface area (Å²) in [6.45, 7) is 12.8. The molecule has 3 aliphatic heterocycles. The lowest BCUT2D eigenvalue weighted by atomic mass is 9.74. The number of aromatic carboxylic acids is 1. The van der Waals surface area contributed by atoms with Crippen molar-refractivity contribution in [2.24, 2.45) is 41.4 Å². The van der Waals surface area contributed by atoms with Gasteiger partial charge in [0.2, 0.25) is 5.79 Å². The number of aliphatic hydroxyl groups is 2. The van der Waals surface area contributed by atoms with Gasteiger partial charge in [0.15, 0.2) is 5.78 Å².